The maximum Gasteiger partial charge on any atom is 0.136 e. The Bertz CT molecular complexity index is 641. The quantitative estimate of drug-likeness (QED) is 0.888. The number of hydrogen-bond donors (Lipinski definition) is 2. The van der Waals surface area contributed by atoms with E-state index in [0.29, 0.717) is 18.3 Å². The van der Waals surface area contributed by atoms with Crippen LogP contribution in [0.2, 0.25) is 0 Å². The van der Waals surface area contributed by atoms with Crippen molar-refractivity contribution in [3.05, 3.63) is 28.8 Å². The fourth-order valence-corrected chi connectivity index (χ4v) is 2.14. The van der Waals surface area contributed by atoms with E-state index in [-0.39, 0.29) is 0 Å². The van der Waals surface area contributed by atoms with Gasteiger partial charge in [-0.15, -0.1) is 0 Å². The summed E-state index contributed by atoms with van der Waals surface area (Å²) in [6.45, 7) is 4.70. The highest BCUT2D eigenvalue weighted by molar-refractivity contribution is 5.55. The van der Waals surface area contributed by atoms with E-state index in [1.54, 1.807) is 0 Å². The molecule has 0 aliphatic heterocycles. The van der Waals surface area contributed by atoms with Gasteiger partial charge in [0.05, 0.1) is 6.20 Å². The first-order chi connectivity index (χ1) is 9.56. The van der Waals surface area contributed by atoms with Crippen molar-refractivity contribution in [1.82, 2.24) is 19.7 Å². The molecule has 6 heteroatoms. The first-order valence-electron chi connectivity index (χ1n) is 6.91. The molecular weight excluding hydrogens is 252 g/mol. The molecule has 0 atom stereocenters. The molecule has 0 unspecified atom stereocenters. The van der Waals surface area contributed by atoms with Gasteiger partial charge in [0.2, 0.25) is 0 Å². The van der Waals surface area contributed by atoms with Crippen molar-refractivity contribution in [1.29, 1.82) is 0 Å². The standard InChI is InChI=1S/C14H20N6/c1-8-12(15)18-14(10-4-5-10)19-13(8)16-6-11-7-17-20(3)9(11)2/h7,10H,4-6H2,1-3H3,(H3,15,16,18,19). The molecule has 2 aromatic rings. The van der Waals surface area contributed by atoms with Crippen molar-refractivity contribution in [2.75, 3.05) is 11.1 Å². The van der Waals surface area contributed by atoms with Crippen molar-refractivity contribution in [3.63, 3.8) is 0 Å². The van der Waals surface area contributed by atoms with E-state index in [4.69, 9.17) is 5.73 Å². The highest BCUT2D eigenvalue weighted by Crippen LogP contribution is 2.39. The zero-order chi connectivity index (χ0) is 14.3. The second kappa shape index (κ2) is 4.77. The Kier molecular flexibility index (Phi) is 3.08. The Balaban J connectivity index is 1.81. The molecular formula is C14H20N6. The Hall–Kier alpha value is -2.11. The number of aryl methyl sites for hydroxylation is 1. The second-order valence-corrected chi connectivity index (χ2v) is 5.45. The summed E-state index contributed by atoms with van der Waals surface area (Å²) >= 11 is 0. The summed E-state index contributed by atoms with van der Waals surface area (Å²) in [5, 5.41) is 7.61. The number of aromatic nitrogens is 4. The molecule has 3 N–H and O–H groups in total. The fourth-order valence-electron chi connectivity index (χ4n) is 2.14. The zero-order valence-corrected chi connectivity index (χ0v) is 12.1. The molecule has 2 aromatic heterocycles. The molecule has 20 heavy (non-hydrogen) atoms. The van der Waals surface area contributed by atoms with Crippen molar-refractivity contribution < 1.29 is 0 Å². The van der Waals surface area contributed by atoms with Crippen LogP contribution in [-0.4, -0.2) is 19.7 Å². The Labute approximate surface area is 118 Å². The molecule has 0 radical (unpaired) electrons. The molecule has 0 aromatic carbocycles. The minimum Gasteiger partial charge on any atom is -0.383 e. The summed E-state index contributed by atoms with van der Waals surface area (Å²) in [5.41, 5.74) is 9.21. The lowest BCUT2D eigenvalue weighted by atomic mass is 10.2. The van der Waals surface area contributed by atoms with Crippen LogP contribution in [0, 0.1) is 13.8 Å². The van der Waals surface area contributed by atoms with Crippen LogP contribution in [0.25, 0.3) is 0 Å². The van der Waals surface area contributed by atoms with Gasteiger partial charge in [-0.2, -0.15) is 5.10 Å². The molecule has 2 heterocycles. The smallest absolute Gasteiger partial charge is 0.136 e. The Morgan fingerprint density at radius 3 is 2.70 bits per heavy atom. The molecule has 106 valence electrons. The SMILES string of the molecule is Cc1c(N)nc(C2CC2)nc1NCc1cnn(C)c1C. The first-order valence-corrected chi connectivity index (χ1v) is 6.91. The van der Waals surface area contributed by atoms with Crippen LogP contribution in [0.4, 0.5) is 11.6 Å². The molecule has 0 amide bonds. The van der Waals surface area contributed by atoms with E-state index in [2.05, 4.69) is 27.3 Å². The molecule has 0 spiro atoms. The summed E-state index contributed by atoms with van der Waals surface area (Å²) < 4.78 is 1.87. The number of hydrogen-bond acceptors (Lipinski definition) is 5. The van der Waals surface area contributed by atoms with Crippen molar-refractivity contribution in [2.24, 2.45) is 7.05 Å². The maximum atomic E-state index is 5.98. The number of nitrogens with zero attached hydrogens (tertiary/aromatic N) is 4. The zero-order valence-electron chi connectivity index (χ0n) is 12.1. The van der Waals surface area contributed by atoms with Gasteiger partial charge in [-0.25, -0.2) is 9.97 Å². The van der Waals surface area contributed by atoms with Gasteiger partial charge in [0.1, 0.15) is 17.5 Å². The normalized spacial score (nSPS) is 14.6. The van der Waals surface area contributed by atoms with Crippen LogP contribution in [0.3, 0.4) is 0 Å². The van der Waals surface area contributed by atoms with E-state index in [0.717, 1.165) is 28.5 Å². The number of anilines is 2. The largest absolute Gasteiger partial charge is 0.383 e. The van der Waals surface area contributed by atoms with Crippen molar-refractivity contribution >= 4 is 11.6 Å². The highest BCUT2D eigenvalue weighted by Gasteiger charge is 2.27. The third kappa shape index (κ3) is 2.33. The van der Waals surface area contributed by atoms with E-state index in [1.807, 2.05) is 24.9 Å². The fraction of sp³-hybridized carbons (Fsp3) is 0.500. The van der Waals surface area contributed by atoms with E-state index < -0.39 is 0 Å². The number of nitrogens with one attached hydrogen (secondary N) is 1. The van der Waals surface area contributed by atoms with Crippen LogP contribution in [0.1, 0.15) is 41.4 Å². The number of rotatable bonds is 4. The van der Waals surface area contributed by atoms with Crippen LogP contribution in [0.5, 0.6) is 0 Å². The predicted octanol–water partition coefficient (Wildman–Crippen LogP) is 1.90. The molecule has 1 saturated carbocycles. The topological polar surface area (TPSA) is 81.7 Å². The van der Waals surface area contributed by atoms with Gasteiger partial charge in [0.15, 0.2) is 0 Å². The minimum absolute atomic E-state index is 0.499. The highest BCUT2D eigenvalue weighted by atomic mass is 15.3. The molecule has 0 bridgehead atoms. The molecule has 1 fully saturated rings. The van der Waals surface area contributed by atoms with Crippen LogP contribution in [0.15, 0.2) is 6.20 Å². The van der Waals surface area contributed by atoms with Gasteiger partial charge in [-0.1, -0.05) is 0 Å². The molecule has 6 nitrogen and oxygen atoms in total. The lowest BCUT2D eigenvalue weighted by Crippen LogP contribution is -2.09. The van der Waals surface area contributed by atoms with Crippen molar-refractivity contribution in [3.8, 4) is 0 Å². The van der Waals surface area contributed by atoms with Crippen molar-refractivity contribution in [2.45, 2.75) is 39.2 Å². The van der Waals surface area contributed by atoms with E-state index in [1.165, 1.54) is 12.8 Å². The number of nitrogen functional groups attached to an aromatic ring is 1. The van der Waals surface area contributed by atoms with Crippen LogP contribution < -0.4 is 11.1 Å². The summed E-state index contributed by atoms with van der Waals surface area (Å²) in [7, 11) is 1.94. The third-order valence-electron chi connectivity index (χ3n) is 3.93. The molecule has 0 saturated heterocycles. The number of nitrogens with two attached hydrogens (primary N) is 1. The lowest BCUT2D eigenvalue weighted by Gasteiger charge is -2.11. The van der Waals surface area contributed by atoms with Gasteiger partial charge in [0, 0.05) is 36.3 Å². The lowest BCUT2D eigenvalue weighted by molar-refractivity contribution is 0.738. The minimum atomic E-state index is 0.499. The van der Waals surface area contributed by atoms with Gasteiger partial charge < -0.3 is 11.1 Å². The summed E-state index contributed by atoms with van der Waals surface area (Å²) in [4.78, 5) is 9.00. The Morgan fingerprint density at radius 1 is 1.35 bits per heavy atom. The van der Waals surface area contributed by atoms with Gasteiger partial charge >= 0.3 is 0 Å². The Morgan fingerprint density at radius 2 is 2.10 bits per heavy atom. The average molecular weight is 272 g/mol. The van der Waals surface area contributed by atoms with E-state index >= 15 is 0 Å². The summed E-state index contributed by atoms with van der Waals surface area (Å²) in [6, 6.07) is 0. The third-order valence-corrected chi connectivity index (χ3v) is 3.93. The first kappa shape index (κ1) is 12.9. The predicted molar refractivity (Wildman–Crippen MR) is 78.4 cm³/mol. The van der Waals surface area contributed by atoms with E-state index in [9.17, 15) is 0 Å². The summed E-state index contributed by atoms with van der Waals surface area (Å²) in [5.74, 6) is 2.78. The van der Waals surface area contributed by atoms with Crippen LogP contribution >= 0.6 is 0 Å². The monoisotopic (exact) mass is 272 g/mol. The second-order valence-electron chi connectivity index (χ2n) is 5.45. The molecule has 1 aliphatic carbocycles. The van der Waals surface area contributed by atoms with Gasteiger partial charge in [0.25, 0.3) is 0 Å². The van der Waals surface area contributed by atoms with Gasteiger partial charge in [-0.05, 0) is 26.7 Å². The summed E-state index contributed by atoms with van der Waals surface area (Å²) in [6.07, 6.45) is 4.22. The van der Waals surface area contributed by atoms with Gasteiger partial charge in [-0.3, -0.25) is 4.68 Å². The maximum absolute atomic E-state index is 5.98. The molecule has 1 aliphatic rings. The van der Waals surface area contributed by atoms with Crippen LogP contribution in [-0.2, 0) is 13.6 Å². The molecule has 3 rings (SSSR count). The average Bonchev–Trinajstić information content (AvgIpc) is 3.22.